The monoisotopic (exact) mass is 258 g/mol. The van der Waals surface area contributed by atoms with Crippen molar-refractivity contribution < 1.29 is 14.6 Å². The van der Waals surface area contributed by atoms with Crippen molar-refractivity contribution in [1.29, 1.82) is 0 Å². The van der Waals surface area contributed by atoms with Gasteiger partial charge in [-0.05, 0) is 0 Å². The fourth-order valence-electron chi connectivity index (χ4n) is 2.10. The maximum absolute atomic E-state index is 11.9. The minimum absolute atomic E-state index is 0.0723. The van der Waals surface area contributed by atoms with Crippen LogP contribution in [0.25, 0.3) is 0 Å². The van der Waals surface area contributed by atoms with Crippen molar-refractivity contribution in [2.24, 2.45) is 0 Å². The normalized spacial score (nSPS) is 18.9. The quantitative estimate of drug-likeness (QED) is 0.723. The van der Waals surface area contributed by atoms with Gasteiger partial charge in [-0.15, -0.1) is 0 Å². The molecule has 0 unspecified atom stereocenters. The lowest BCUT2D eigenvalue weighted by Crippen LogP contribution is -2.47. The van der Waals surface area contributed by atoms with Gasteiger partial charge >= 0.3 is 0 Å². The molecule has 1 aliphatic rings. The maximum Gasteiger partial charge on any atom is 0.223 e. The second-order valence-electron chi connectivity index (χ2n) is 5.45. The zero-order chi connectivity index (χ0) is 13.6. The molecule has 0 aromatic heterocycles. The van der Waals surface area contributed by atoms with Crippen molar-refractivity contribution in [1.82, 2.24) is 10.2 Å². The summed E-state index contributed by atoms with van der Waals surface area (Å²) in [4.78, 5) is 13.5. The first-order valence-electron chi connectivity index (χ1n) is 6.70. The molecule has 0 saturated carbocycles. The smallest absolute Gasteiger partial charge is 0.223 e. The SMILES string of the molecule is CC(C)NCCC(=O)N(C)CC1(O)CCOCC1. The van der Waals surface area contributed by atoms with E-state index in [9.17, 15) is 9.90 Å². The third kappa shape index (κ3) is 5.33. The molecule has 1 saturated heterocycles. The van der Waals surface area contributed by atoms with Crippen LogP contribution in [0.15, 0.2) is 0 Å². The summed E-state index contributed by atoms with van der Waals surface area (Å²) < 4.78 is 5.22. The van der Waals surface area contributed by atoms with Crippen molar-refractivity contribution in [3.63, 3.8) is 0 Å². The van der Waals surface area contributed by atoms with Crippen LogP contribution < -0.4 is 5.32 Å². The highest BCUT2D eigenvalue weighted by Crippen LogP contribution is 2.21. The standard InChI is InChI=1S/C13H26N2O3/c1-11(2)14-7-4-12(16)15(3)10-13(17)5-8-18-9-6-13/h11,14,17H,4-10H2,1-3H3. The summed E-state index contributed by atoms with van der Waals surface area (Å²) in [7, 11) is 1.76. The highest BCUT2D eigenvalue weighted by molar-refractivity contribution is 5.76. The van der Waals surface area contributed by atoms with Crippen LogP contribution in [0.3, 0.4) is 0 Å². The second-order valence-corrected chi connectivity index (χ2v) is 5.45. The van der Waals surface area contributed by atoms with Crippen molar-refractivity contribution in [3.8, 4) is 0 Å². The van der Waals surface area contributed by atoms with Crippen LogP contribution in [0.5, 0.6) is 0 Å². The summed E-state index contributed by atoms with van der Waals surface area (Å²) in [6.45, 7) is 6.35. The highest BCUT2D eigenvalue weighted by Gasteiger charge is 2.32. The number of likely N-dealkylation sites (N-methyl/N-ethyl adjacent to an activating group) is 1. The Morgan fingerprint density at radius 3 is 2.61 bits per heavy atom. The maximum atomic E-state index is 11.9. The van der Waals surface area contributed by atoms with E-state index < -0.39 is 5.60 Å². The molecule has 0 radical (unpaired) electrons. The van der Waals surface area contributed by atoms with Crippen LogP contribution in [0.2, 0.25) is 0 Å². The lowest BCUT2D eigenvalue weighted by atomic mass is 9.94. The van der Waals surface area contributed by atoms with Gasteiger partial charge in [-0.2, -0.15) is 0 Å². The highest BCUT2D eigenvalue weighted by atomic mass is 16.5. The van der Waals surface area contributed by atoms with Crippen molar-refractivity contribution >= 4 is 5.91 Å². The van der Waals surface area contributed by atoms with E-state index >= 15 is 0 Å². The number of carbonyl (C=O) groups excluding carboxylic acids is 1. The number of aliphatic hydroxyl groups is 1. The van der Waals surface area contributed by atoms with Crippen molar-refractivity contribution in [3.05, 3.63) is 0 Å². The molecule has 1 amide bonds. The molecule has 1 heterocycles. The molecule has 0 atom stereocenters. The first-order chi connectivity index (χ1) is 8.43. The minimum Gasteiger partial charge on any atom is -0.388 e. The van der Waals surface area contributed by atoms with Crippen LogP contribution in [-0.4, -0.2) is 60.9 Å². The van der Waals surface area contributed by atoms with E-state index in [2.05, 4.69) is 19.2 Å². The van der Waals surface area contributed by atoms with Gasteiger partial charge in [0.2, 0.25) is 5.91 Å². The van der Waals surface area contributed by atoms with Crippen LogP contribution in [0.1, 0.15) is 33.1 Å². The van der Waals surface area contributed by atoms with E-state index in [1.54, 1.807) is 11.9 Å². The van der Waals surface area contributed by atoms with E-state index in [1.165, 1.54) is 0 Å². The Hall–Kier alpha value is -0.650. The Kier molecular flexibility index (Phi) is 6.05. The van der Waals surface area contributed by atoms with Gasteiger partial charge in [0.25, 0.3) is 0 Å². The van der Waals surface area contributed by atoms with E-state index in [1.807, 2.05) is 0 Å². The number of hydrogen-bond acceptors (Lipinski definition) is 4. The predicted molar refractivity (Wildman–Crippen MR) is 70.4 cm³/mol. The minimum atomic E-state index is -0.770. The second kappa shape index (κ2) is 7.07. The van der Waals surface area contributed by atoms with Gasteiger partial charge in [0, 0.05) is 58.7 Å². The van der Waals surface area contributed by atoms with Gasteiger partial charge in [0.1, 0.15) is 0 Å². The molecule has 2 N–H and O–H groups in total. The topological polar surface area (TPSA) is 61.8 Å². The summed E-state index contributed by atoms with van der Waals surface area (Å²) >= 11 is 0. The van der Waals surface area contributed by atoms with E-state index in [0.29, 0.717) is 51.6 Å². The third-order valence-electron chi connectivity index (χ3n) is 3.27. The van der Waals surface area contributed by atoms with Gasteiger partial charge in [-0.1, -0.05) is 13.8 Å². The lowest BCUT2D eigenvalue weighted by Gasteiger charge is -2.35. The fraction of sp³-hybridized carbons (Fsp3) is 0.923. The first kappa shape index (κ1) is 15.4. The Morgan fingerprint density at radius 2 is 2.06 bits per heavy atom. The van der Waals surface area contributed by atoms with E-state index in [-0.39, 0.29) is 5.91 Å². The summed E-state index contributed by atoms with van der Waals surface area (Å²) in [5.41, 5.74) is -0.770. The third-order valence-corrected chi connectivity index (χ3v) is 3.27. The average Bonchev–Trinajstić information content (AvgIpc) is 2.28. The summed E-state index contributed by atoms with van der Waals surface area (Å²) in [6, 6.07) is 0.391. The van der Waals surface area contributed by atoms with Crippen molar-refractivity contribution in [2.45, 2.75) is 44.8 Å². The number of carbonyl (C=O) groups is 1. The summed E-state index contributed by atoms with van der Waals surface area (Å²) in [5, 5.41) is 13.5. The van der Waals surface area contributed by atoms with Gasteiger partial charge in [0.15, 0.2) is 0 Å². The number of ether oxygens (including phenoxy) is 1. The Bertz CT molecular complexity index is 263. The molecule has 1 rings (SSSR count). The Balaban J connectivity index is 2.30. The van der Waals surface area contributed by atoms with Crippen molar-refractivity contribution in [2.75, 3.05) is 33.4 Å². The predicted octanol–water partition coefficient (Wildman–Crippen LogP) is 0.374. The van der Waals surface area contributed by atoms with Crippen LogP contribution >= 0.6 is 0 Å². The molecule has 106 valence electrons. The zero-order valence-electron chi connectivity index (χ0n) is 11.7. The first-order valence-corrected chi connectivity index (χ1v) is 6.70. The van der Waals surface area contributed by atoms with Gasteiger partial charge in [0.05, 0.1) is 5.60 Å². The molecular weight excluding hydrogens is 232 g/mol. The molecule has 0 spiro atoms. The molecule has 0 aliphatic carbocycles. The van der Waals surface area contributed by atoms with Crippen LogP contribution in [0.4, 0.5) is 0 Å². The van der Waals surface area contributed by atoms with E-state index in [0.717, 1.165) is 0 Å². The zero-order valence-corrected chi connectivity index (χ0v) is 11.7. The fourth-order valence-corrected chi connectivity index (χ4v) is 2.10. The van der Waals surface area contributed by atoms with Crippen LogP contribution in [0, 0.1) is 0 Å². The summed E-state index contributed by atoms with van der Waals surface area (Å²) in [6.07, 6.45) is 1.69. The Labute approximate surface area is 109 Å². The molecule has 0 aromatic rings. The molecule has 0 aromatic carbocycles. The number of amides is 1. The molecule has 1 aliphatic heterocycles. The number of nitrogens with one attached hydrogen (secondary N) is 1. The molecule has 5 heteroatoms. The molecule has 18 heavy (non-hydrogen) atoms. The van der Waals surface area contributed by atoms with Crippen LogP contribution in [-0.2, 0) is 9.53 Å². The number of rotatable bonds is 6. The largest absolute Gasteiger partial charge is 0.388 e. The Morgan fingerprint density at radius 1 is 1.44 bits per heavy atom. The van der Waals surface area contributed by atoms with Gasteiger partial charge < -0.3 is 20.1 Å². The number of hydrogen-bond donors (Lipinski definition) is 2. The van der Waals surface area contributed by atoms with E-state index in [4.69, 9.17) is 4.74 Å². The van der Waals surface area contributed by atoms with Gasteiger partial charge in [-0.3, -0.25) is 4.79 Å². The molecule has 0 bridgehead atoms. The molecule has 5 nitrogen and oxygen atoms in total. The number of nitrogens with zero attached hydrogens (tertiary/aromatic N) is 1. The average molecular weight is 258 g/mol. The van der Waals surface area contributed by atoms with Gasteiger partial charge in [-0.25, -0.2) is 0 Å². The molecule has 1 fully saturated rings. The molecular formula is C13H26N2O3. The lowest BCUT2D eigenvalue weighted by molar-refractivity contribution is -0.136. The summed E-state index contributed by atoms with van der Waals surface area (Å²) in [5.74, 6) is 0.0723.